The fraction of sp³-hybridized carbons (Fsp3) is 0. The topological polar surface area (TPSA) is 0 Å². The molecule has 0 saturated heterocycles. The lowest BCUT2D eigenvalue weighted by atomic mass is 10.4. The van der Waals surface area contributed by atoms with Crippen LogP contribution in [0.3, 0.4) is 0 Å². The van der Waals surface area contributed by atoms with Crippen molar-refractivity contribution < 1.29 is 0 Å². The highest BCUT2D eigenvalue weighted by molar-refractivity contribution is 7.93. The summed E-state index contributed by atoms with van der Waals surface area (Å²) in [6, 6.07) is 43.7. The summed E-state index contributed by atoms with van der Waals surface area (Å²) < 4.78 is 3.88. The lowest BCUT2D eigenvalue weighted by molar-refractivity contribution is 1.75. The molecule has 5 rings (SSSR count). The summed E-state index contributed by atoms with van der Waals surface area (Å²) in [6.07, 6.45) is 0. The maximum absolute atomic E-state index is 5.82. The van der Waals surface area contributed by atoms with Gasteiger partial charge in [-0.3, -0.25) is 0 Å². The number of benzene rings is 4. The van der Waals surface area contributed by atoms with E-state index in [0.29, 0.717) is 0 Å². The summed E-state index contributed by atoms with van der Waals surface area (Å²) in [5.74, 6) is 0. The van der Waals surface area contributed by atoms with E-state index in [1.54, 1.807) is 0 Å². The van der Waals surface area contributed by atoms with Crippen LogP contribution >= 0.6 is 50.7 Å². The van der Waals surface area contributed by atoms with Crippen molar-refractivity contribution in [3.8, 4) is 0 Å². The van der Waals surface area contributed by atoms with Crippen LogP contribution in [0.5, 0.6) is 0 Å². The van der Waals surface area contributed by atoms with Crippen LogP contribution in [0.1, 0.15) is 0 Å². The van der Waals surface area contributed by atoms with E-state index in [9.17, 15) is 0 Å². The van der Waals surface area contributed by atoms with Crippen LogP contribution in [-0.2, 0) is 0 Å². The van der Waals surface area contributed by atoms with E-state index in [0.717, 1.165) is 3.14 Å². The van der Waals surface area contributed by atoms with Crippen LogP contribution in [0.25, 0.3) is 0 Å². The highest BCUT2D eigenvalue weighted by Crippen LogP contribution is 2.42. The zero-order chi connectivity index (χ0) is 21.8. The van der Waals surface area contributed by atoms with Crippen LogP contribution < -0.4 is 30.5 Å². The van der Waals surface area contributed by atoms with Crippen molar-refractivity contribution in [3.05, 3.63) is 124 Å². The highest BCUT2D eigenvalue weighted by atomic mass is 32.2. The molecule has 156 valence electrons. The minimum absolute atomic E-state index is 0.681. The van der Waals surface area contributed by atoms with E-state index in [2.05, 4.69) is 121 Å². The van der Waals surface area contributed by atoms with E-state index >= 15 is 0 Å². The third kappa shape index (κ3) is 4.69. The van der Waals surface area contributed by atoms with Crippen molar-refractivity contribution in [1.82, 2.24) is 0 Å². The Balaban J connectivity index is 1.75. The van der Waals surface area contributed by atoms with Gasteiger partial charge in [0.1, 0.15) is 3.14 Å². The summed E-state index contributed by atoms with van der Waals surface area (Å²) in [5, 5.41) is 5.48. The first-order chi connectivity index (χ1) is 15.8. The Hall–Kier alpha value is -1.99. The predicted molar refractivity (Wildman–Crippen MR) is 150 cm³/mol. The molecule has 0 spiro atoms. The van der Waals surface area contributed by atoms with Crippen molar-refractivity contribution in [2.24, 2.45) is 0 Å². The monoisotopic (exact) mass is 502 g/mol. The number of rotatable bonds is 6. The second kappa shape index (κ2) is 10.3. The summed E-state index contributed by atoms with van der Waals surface area (Å²) in [6.45, 7) is 0. The SMILES string of the molecule is S=c1sc(P(c2ccccc2)c2ccccc2)c(P(c2ccccc2)c2ccccc2)s1. The van der Waals surface area contributed by atoms with Crippen molar-refractivity contribution in [2.45, 2.75) is 0 Å². The molecule has 4 aromatic carbocycles. The lowest BCUT2D eigenvalue weighted by Gasteiger charge is -2.23. The Morgan fingerprint density at radius 3 is 0.906 bits per heavy atom. The summed E-state index contributed by atoms with van der Waals surface area (Å²) in [4.78, 5) is 0. The second-order valence-electron chi connectivity index (χ2n) is 7.08. The molecule has 0 nitrogen and oxygen atoms in total. The molecule has 0 radical (unpaired) electrons. The maximum atomic E-state index is 5.82. The van der Waals surface area contributed by atoms with Crippen molar-refractivity contribution in [1.29, 1.82) is 0 Å². The molecule has 1 aromatic heterocycles. The fourth-order valence-electron chi connectivity index (χ4n) is 3.62. The third-order valence-electron chi connectivity index (χ3n) is 5.01. The molecule has 5 aromatic rings. The first-order valence-corrected chi connectivity index (χ1v) is 15.0. The smallest absolute Gasteiger partial charge is 0.111 e. The summed E-state index contributed by atoms with van der Waals surface area (Å²) in [5.41, 5.74) is 0. The second-order valence-corrected chi connectivity index (χ2v) is 15.2. The van der Waals surface area contributed by atoms with E-state index in [4.69, 9.17) is 12.2 Å². The minimum atomic E-state index is -0.681. The van der Waals surface area contributed by atoms with Gasteiger partial charge in [-0.25, -0.2) is 0 Å². The van der Waals surface area contributed by atoms with Gasteiger partial charge < -0.3 is 0 Å². The summed E-state index contributed by atoms with van der Waals surface area (Å²) >= 11 is 9.43. The molecular weight excluding hydrogens is 482 g/mol. The highest BCUT2D eigenvalue weighted by Gasteiger charge is 2.28. The van der Waals surface area contributed by atoms with Gasteiger partial charge in [0.25, 0.3) is 0 Å². The molecule has 32 heavy (non-hydrogen) atoms. The van der Waals surface area contributed by atoms with Crippen molar-refractivity contribution >= 4 is 81.2 Å². The average Bonchev–Trinajstić information content (AvgIpc) is 3.22. The molecular formula is C27H20P2S3. The molecule has 0 bridgehead atoms. The van der Waals surface area contributed by atoms with Crippen LogP contribution in [0.15, 0.2) is 121 Å². The Labute approximate surface area is 204 Å². The Morgan fingerprint density at radius 2 is 0.656 bits per heavy atom. The van der Waals surface area contributed by atoms with Gasteiger partial charge in [-0.1, -0.05) is 134 Å². The Bertz CT molecular complexity index is 1150. The van der Waals surface area contributed by atoms with Crippen LogP contribution in [0.4, 0.5) is 0 Å². The first-order valence-electron chi connectivity index (χ1n) is 10.3. The van der Waals surface area contributed by atoms with Crippen LogP contribution in [0.2, 0.25) is 0 Å². The van der Waals surface area contributed by atoms with Gasteiger partial charge in [-0.2, -0.15) is 0 Å². The molecule has 0 fully saturated rings. The van der Waals surface area contributed by atoms with Crippen LogP contribution in [0, 0.1) is 3.14 Å². The first kappa shape index (κ1) is 21.8. The maximum Gasteiger partial charge on any atom is 0.144 e. The van der Waals surface area contributed by atoms with Crippen molar-refractivity contribution in [2.75, 3.05) is 0 Å². The lowest BCUT2D eigenvalue weighted by Crippen LogP contribution is -2.30. The van der Waals surface area contributed by atoms with Gasteiger partial charge in [0, 0.05) is 0 Å². The molecule has 0 saturated carbocycles. The number of hydrogen-bond donors (Lipinski definition) is 0. The normalized spacial score (nSPS) is 11.2. The van der Waals surface area contributed by atoms with E-state index < -0.39 is 15.8 Å². The standard InChI is InChI=1S/C27H20P2S3/c30-27-31-25(28(21-13-5-1-6-14-21)22-15-7-2-8-16-22)26(32-27)29(23-17-9-3-10-18-23)24-19-11-4-12-20-24/h1-20H. The Kier molecular flexibility index (Phi) is 7.03. The zero-order valence-corrected chi connectivity index (χ0v) is 21.4. The van der Waals surface area contributed by atoms with Gasteiger partial charge >= 0.3 is 0 Å². The zero-order valence-electron chi connectivity index (χ0n) is 17.2. The number of hydrogen-bond acceptors (Lipinski definition) is 3. The summed E-state index contributed by atoms with van der Waals surface area (Å²) in [7, 11) is -1.36. The molecule has 0 unspecified atom stereocenters. The van der Waals surface area contributed by atoms with Gasteiger partial charge in [0.15, 0.2) is 0 Å². The average molecular weight is 503 g/mol. The minimum Gasteiger partial charge on any atom is -0.111 e. The van der Waals surface area contributed by atoms with E-state index in [1.165, 1.54) is 30.5 Å². The third-order valence-corrected chi connectivity index (χ3v) is 13.9. The van der Waals surface area contributed by atoms with E-state index in [-0.39, 0.29) is 0 Å². The molecule has 0 aliphatic heterocycles. The van der Waals surface area contributed by atoms with E-state index in [1.807, 2.05) is 22.7 Å². The quantitative estimate of drug-likeness (QED) is 0.201. The molecule has 0 atom stereocenters. The molecule has 0 aliphatic carbocycles. The predicted octanol–water partition coefficient (Wildman–Crippen LogP) is 6.06. The van der Waals surface area contributed by atoms with Gasteiger partial charge in [-0.15, -0.1) is 22.7 Å². The fourth-order valence-corrected chi connectivity index (χ4v) is 14.0. The van der Waals surface area contributed by atoms with Gasteiger partial charge in [0.05, 0.1) is 9.24 Å². The van der Waals surface area contributed by atoms with Crippen molar-refractivity contribution in [3.63, 3.8) is 0 Å². The van der Waals surface area contributed by atoms with Gasteiger partial charge in [-0.05, 0) is 37.1 Å². The van der Waals surface area contributed by atoms with Gasteiger partial charge in [0.2, 0.25) is 0 Å². The molecule has 5 heteroatoms. The largest absolute Gasteiger partial charge is 0.144 e. The molecule has 0 N–H and O–H groups in total. The van der Waals surface area contributed by atoms with Crippen LogP contribution in [-0.4, -0.2) is 0 Å². The molecule has 0 aliphatic rings. The molecule has 0 amide bonds. The molecule has 1 heterocycles. The Morgan fingerprint density at radius 1 is 0.406 bits per heavy atom.